The van der Waals surface area contributed by atoms with E-state index in [0.717, 1.165) is 12.0 Å². The number of thiol groups is 1. The van der Waals surface area contributed by atoms with Gasteiger partial charge >= 0.3 is 5.97 Å². The molecule has 0 saturated carbocycles. The molecule has 2 aromatic carbocycles. The lowest BCUT2D eigenvalue weighted by Gasteiger charge is -2.13. The topological polar surface area (TPSA) is 26.3 Å². The number of carbonyl (C=O) groups is 1. The van der Waals surface area contributed by atoms with E-state index in [1.165, 1.54) is 18.1 Å². The van der Waals surface area contributed by atoms with Crippen LogP contribution in [0, 0.1) is 6.92 Å². The monoisotopic (exact) mass is 286 g/mol. The van der Waals surface area contributed by atoms with Crippen molar-refractivity contribution in [3.05, 3.63) is 65.2 Å². The Morgan fingerprint density at radius 2 is 1.80 bits per heavy atom. The highest BCUT2D eigenvalue weighted by Gasteiger charge is 2.09. The number of hydrogen-bond acceptors (Lipinski definition) is 3. The molecule has 3 heteroatoms. The Balaban J connectivity index is 2.08. The van der Waals surface area contributed by atoms with Crippen LogP contribution in [0.5, 0.6) is 5.75 Å². The van der Waals surface area contributed by atoms with Crippen LogP contribution < -0.4 is 4.74 Å². The fraction of sp³-hybridized carbons (Fsp3) is 0.235. The second kappa shape index (κ2) is 6.62. The molecule has 1 unspecified atom stereocenters. The number of aryl methyl sites for hydroxylation is 1. The summed E-state index contributed by atoms with van der Waals surface area (Å²) in [4.78, 5) is 10.9. The lowest BCUT2D eigenvalue weighted by atomic mass is 10.00. The number of ether oxygens (including phenoxy) is 1. The van der Waals surface area contributed by atoms with Gasteiger partial charge in [0.05, 0.1) is 0 Å². The maximum Gasteiger partial charge on any atom is 0.308 e. The predicted molar refractivity (Wildman–Crippen MR) is 84.4 cm³/mol. The minimum Gasteiger partial charge on any atom is -0.427 e. The van der Waals surface area contributed by atoms with Gasteiger partial charge in [-0.15, -0.1) is 0 Å². The smallest absolute Gasteiger partial charge is 0.308 e. The molecule has 0 saturated heterocycles. The van der Waals surface area contributed by atoms with Gasteiger partial charge in [-0.05, 0) is 42.2 Å². The molecule has 0 fully saturated rings. The minimum absolute atomic E-state index is 0.127. The molecule has 0 aliphatic carbocycles. The van der Waals surface area contributed by atoms with E-state index in [0.29, 0.717) is 5.75 Å². The van der Waals surface area contributed by atoms with Gasteiger partial charge in [0, 0.05) is 12.2 Å². The van der Waals surface area contributed by atoms with Gasteiger partial charge in [-0.2, -0.15) is 12.6 Å². The SMILES string of the molecule is CC(=O)Oc1ccc(C(S)Cc2ccccc2C)cc1. The maximum atomic E-state index is 10.9. The number of esters is 1. The molecule has 0 radical (unpaired) electrons. The van der Waals surface area contributed by atoms with Crippen molar-refractivity contribution >= 4 is 18.6 Å². The number of carbonyl (C=O) groups excluding carboxylic acids is 1. The van der Waals surface area contributed by atoms with Gasteiger partial charge in [0.1, 0.15) is 5.75 Å². The summed E-state index contributed by atoms with van der Waals surface area (Å²) in [6.45, 7) is 3.51. The zero-order chi connectivity index (χ0) is 14.5. The van der Waals surface area contributed by atoms with Gasteiger partial charge < -0.3 is 4.74 Å². The van der Waals surface area contributed by atoms with Crippen LogP contribution in [0.25, 0.3) is 0 Å². The van der Waals surface area contributed by atoms with Gasteiger partial charge in [0.25, 0.3) is 0 Å². The fourth-order valence-electron chi connectivity index (χ4n) is 2.09. The average molecular weight is 286 g/mol. The van der Waals surface area contributed by atoms with Crippen molar-refractivity contribution in [1.29, 1.82) is 0 Å². The van der Waals surface area contributed by atoms with E-state index in [-0.39, 0.29) is 11.2 Å². The quantitative estimate of drug-likeness (QED) is 0.519. The van der Waals surface area contributed by atoms with Crippen molar-refractivity contribution in [1.82, 2.24) is 0 Å². The van der Waals surface area contributed by atoms with Crippen LogP contribution in [0.2, 0.25) is 0 Å². The first-order valence-corrected chi connectivity index (χ1v) is 7.09. The highest BCUT2D eigenvalue weighted by Crippen LogP contribution is 2.27. The first-order chi connectivity index (χ1) is 9.56. The Labute approximate surface area is 125 Å². The van der Waals surface area contributed by atoms with E-state index < -0.39 is 0 Å². The predicted octanol–water partition coefficient (Wildman–Crippen LogP) is 4.13. The Hall–Kier alpha value is -1.74. The van der Waals surface area contributed by atoms with E-state index >= 15 is 0 Å². The molecule has 0 amide bonds. The van der Waals surface area contributed by atoms with Crippen molar-refractivity contribution in [3.63, 3.8) is 0 Å². The lowest BCUT2D eigenvalue weighted by Crippen LogP contribution is -2.02. The average Bonchev–Trinajstić information content (AvgIpc) is 2.41. The molecule has 0 aromatic heterocycles. The van der Waals surface area contributed by atoms with Gasteiger partial charge in [-0.1, -0.05) is 36.4 Å². The Morgan fingerprint density at radius 3 is 2.40 bits per heavy atom. The lowest BCUT2D eigenvalue weighted by molar-refractivity contribution is -0.131. The van der Waals surface area contributed by atoms with Crippen molar-refractivity contribution < 1.29 is 9.53 Å². The molecule has 0 N–H and O–H groups in total. The molecular formula is C17H18O2S. The third-order valence-corrected chi connectivity index (χ3v) is 3.68. The number of hydrogen-bond donors (Lipinski definition) is 1. The highest BCUT2D eigenvalue weighted by molar-refractivity contribution is 7.80. The van der Waals surface area contributed by atoms with Crippen molar-refractivity contribution in [2.75, 3.05) is 0 Å². The molecule has 2 aromatic rings. The van der Waals surface area contributed by atoms with E-state index in [9.17, 15) is 4.79 Å². The summed E-state index contributed by atoms with van der Waals surface area (Å²) < 4.78 is 5.02. The molecule has 20 heavy (non-hydrogen) atoms. The summed E-state index contributed by atoms with van der Waals surface area (Å²) in [6.07, 6.45) is 0.878. The van der Waals surface area contributed by atoms with Crippen LogP contribution in [0.4, 0.5) is 0 Å². The van der Waals surface area contributed by atoms with Crippen LogP contribution in [0.3, 0.4) is 0 Å². The van der Waals surface area contributed by atoms with Crippen LogP contribution in [-0.2, 0) is 11.2 Å². The summed E-state index contributed by atoms with van der Waals surface area (Å²) in [6, 6.07) is 15.8. The zero-order valence-corrected chi connectivity index (χ0v) is 12.6. The Kier molecular flexibility index (Phi) is 4.85. The highest BCUT2D eigenvalue weighted by atomic mass is 32.1. The molecule has 104 valence electrons. The molecule has 0 spiro atoms. The van der Waals surface area contributed by atoms with Gasteiger partial charge in [0.15, 0.2) is 0 Å². The number of rotatable bonds is 4. The molecule has 0 bridgehead atoms. The van der Waals surface area contributed by atoms with Gasteiger partial charge in [0.2, 0.25) is 0 Å². The standard InChI is InChI=1S/C17H18O2S/c1-12-5-3-4-6-15(12)11-17(20)14-7-9-16(10-8-14)19-13(2)18/h3-10,17,20H,11H2,1-2H3. The van der Waals surface area contributed by atoms with Crippen LogP contribution in [-0.4, -0.2) is 5.97 Å². The zero-order valence-electron chi connectivity index (χ0n) is 11.7. The number of benzene rings is 2. The molecule has 2 rings (SSSR count). The second-order valence-electron chi connectivity index (χ2n) is 4.81. The molecule has 0 aliphatic heterocycles. The summed E-state index contributed by atoms with van der Waals surface area (Å²) in [5, 5.41) is 0.127. The Morgan fingerprint density at radius 1 is 1.15 bits per heavy atom. The van der Waals surface area contributed by atoms with Crippen LogP contribution >= 0.6 is 12.6 Å². The first-order valence-electron chi connectivity index (χ1n) is 6.57. The molecular weight excluding hydrogens is 268 g/mol. The molecule has 0 aliphatic rings. The maximum absolute atomic E-state index is 10.9. The third-order valence-electron chi connectivity index (χ3n) is 3.20. The first kappa shape index (κ1) is 14.7. The third kappa shape index (κ3) is 3.87. The summed E-state index contributed by atoms with van der Waals surface area (Å²) >= 11 is 4.67. The van der Waals surface area contributed by atoms with Crippen LogP contribution in [0.1, 0.15) is 28.9 Å². The molecule has 1 atom stereocenters. The normalized spacial score (nSPS) is 11.9. The van der Waals surface area contributed by atoms with Crippen LogP contribution in [0.15, 0.2) is 48.5 Å². The van der Waals surface area contributed by atoms with Gasteiger partial charge in [-0.25, -0.2) is 0 Å². The fourth-order valence-corrected chi connectivity index (χ4v) is 2.46. The summed E-state index contributed by atoms with van der Waals surface area (Å²) in [5.74, 6) is 0.262. The minimum atomic E-state index is -0.305. The molecule has 0 heterocycles. The largest absolute Gasteiger partial charge is 0.427 e. The van der Waals surface area contributed by atoms with Crippen molar-refractivity contribution in [2.45, 2.75) is 25.5 Å². The van der Waals surface area contributed by atoms with Crippen molar-refractivity contribution in [3.8, 4) is 5.75 Å². The summed E-state index contributed by atoms with van der Waals surface area (Å²) in [7, 11) is 0. The second-order valence-corrected chi connectivity index (χ2v) is 5.43. The van der Waals surface area contributed by atoms with Crippen molar-refractivity contribution in [2.24, 2.45) is 0 Å². The summed E-state index contributed by atoms with van der Waals surface area (Å²) in [5.41, 5.74) is 3.70. The molecule has 2 nitrogen and oxygen atoms in total. The van der Waals surface area contributed by atoms with E-state index in [1.54, 1.807) is 12.1 Å². The van der Waals surface area contributed by atoms with E-state index in [2.05, 4.69) is 31.7 Å². The van der Waals surface area contributed by atoms with E-state index in [1.807, 2.05) is 24.3 Å². The van der Waals surface area contributed by atoms with Gasteiger partial charge in [-0.3, -0.25) is 4.79 Å². The Bertz CT molecular complexity index is 590. The van der Waals surface area contributed by atoms with E-state index in [4.69, 9.17) is 4.74 Å².